The van der Waals surface area contributed by atoms with Gasteiger partial charge in [-0.1, -0.05) is 59.8 Å². The molecule has 2 aromatic carbocycles. The number of esters is 1. The molecule has 0 N–H and O–H groups in total. The van der Waals surface area contributed by atoms with E-state index < -0.39 is 5.97 Å². The molecule has 0 spiro atoms. The number of hydrogen-bond acceptors (Lipinski definition) is 4. The number of ether oxygens (including phenoxy) is 1. The highest BCUT2D eigenvalue weighted by atomic mass is 32.2. The van der Waals surface area contributed by atoms with Gasteiger partial charge in [0, 0.05) is 11.0 Å². The van der Waals surface area contributed by atoms with E-state index in [9.17, 15) is 4.79 Å². The van der Waals surface area contributed by atoms with Crippen molar-refractivity contribution in [3.05, 3.63) is 77.5 Å². The molecule has 0 bridgehead atoms. The van der Waals surface area contributed by atoms with E-state index in [1.54, 1.807) is 22.5 Å². The van der Waals surface area contributed by atoms with Crippen molar-refractivity contribution in [3.63, 3.8) is 0 Å². The number of rotatable bonds is 5. The van der Waals surface area contributed by atoms with E-state index in [0.717, 1.165) is 21.0 Å². The maximum atomic E-state index is 12.6. The maximum absolute atomic E-state index is 12.6. The van der Waals surface area contributed by atoms with Crippen LogP contribution < -0.4 is 4.74 Å². The number of carbonyl (C=O) groups is 1. The Hall–Kier alpha value is -2.79. The summed E-state index contributed by atoms with van der Waals surface area (Å²) in [5, 5.41) is 4.66. The molecular weight excluding hydrogens is 380 g/mol. The smallest absolute Gasteiger partial charge is 0.337 e. The van der Waals surface area contributed by atoms with Gasteiger partial charge < -0.3 is 4.74 Å². The number of carbonyl (C=O) groups excluding carboxylic acids is 1. The van der Waals surface area contributed by atoms with Gasteiger partial charge in [-0.2, -0.15) is 5.10 Å². The Morgan fingerprint density at radius 1 is 1.03 bits per heavy atom. The quantitative estimate of drug-likeness (QED) is 0.384. The lowest BCUT2D eigenvalue weighted by atomic mass is 10.1. The summed E-state index contributed by atoms with van der Waals surface area (Å²) in [6, 6.07) is 17.9. The molecule has 150 valence electrons. The first-order valence-electron chi connectivity index (χ1n) is 9.53. The lowest BCUT2D eigenvalue weighted by Gasteiger charge is -2.21. The first kappa shape index (κ1) is 20.9. The zero-order chi connectivity index (χ0) is 21.0. The van der Waals surface area contributed by atoms with Gasteiger partial charge in [-0.05, 0) is 58.4 Å². The summed E-state index contributed by atoms with van der Waals surface area (Å²) in [5.41, 5.74) is 2.66. The van der Waals surface area contributed by atoms with E-state index >= 15 is 0 Å². The molecular formula is C24H26N2O2S. The molecule has 0 aliphatic rings. The van der Waals surface area contributed by atoms with Crippen molar-refractivity contribution in [2.24, 2.45) is 0 Å². The second-order valence-corrected chi connectivity index (χ2v) is 8.97. The fraction of sp³-hybridized carbons (Fsp3) is 0.250. The molecule has 3 rings (SSSR count). The van der Waals surface area contributed by atoms with E-state index in [1.165, 1.54) is 11.6 Å². The third-order valence-corrected chi connectivity index (χ3v) is 5.43. The molecule has 0 amide bonds. The van der Waals surface area contributed by atoms with Crippen LogP contribution in [0.3, 0.4) is 0 Å². The Morgan fingerprint density at radius 2 is 1.69 bits per heavy atom. The van der Waals surface area contributed by atoms with Gasteiger partial charge in [-0.25, -0.2) is 9.48 Å². The van der Waals surface area contributed by atoms with Crippen LogP contribution in [0.5, 0.6) is 5.88 Å². The zero-order valence-corrected chi connectivity index (χ0v) is 18.3. The van der Waals surface area contributed by atoms with Gasteiger partial charge in [-0.3, -0.25) is 0 Å². The Bertz CT molecular complexity index is 1010. The first-order chi connectivity index (χ1) is 13.7. The molecule has 4 nitrogen and oxygen atoms in total. The topological polar surface area (TPSA) is 44.1 Å². The zero-order valence-electron chi connectivity index (χ0n) is 17.5. The van der Waals surface area contributed by atoms with Crippen molar-refractivity contribution in [3.8, 4) is 5.88 Å². The maximum Gasteiger partial charge on any atom is 0.337 e. The summed E-state index contributed by atoms with van der Waals surface area (Å²) in [5.74, 6) is 0.0493. The lowest BCUT2D eigenvalue weighted by Crippen LogP contribution is -2.25. The molecule has 1 aromatic heterocycles. The van der Waals surface area contributed by atoms with Gasteiger partial charge in [0.2, 0.25) is 5.88 Å². The number of hydrogen-bond donors (Lipinski definition) is 0. The standard InChI is InChI=1S/C24H26N2O2S/c1-17-11-14-20(15-12-17)29-22-18(2)25-26(24(3,4)5)23(22)28-21(27)16-13-19-9-7-6-8-10-19/h6-16H,1-5H3. The van der Waals surface area contributed by atoms with Crippen LogP contribution in [-0.2, 0) is 10.3 Å². The van der Waals surface area contributed by atoms with E-state index in [-0.39, 0.29) is 5.54 Å². The van der Waals surface area contributed by atoms with Crippen molar-refractivity contribution in [1.29, 1.82) is 0 Å². The Balaban J connectivity index is 1.91. The normalized spacial score (nSPS) is 11.8. The van der Waals surface area contributed by atoms with Gasteiger partial charge in [0.25, 0.3) is 0 Å². The summed E-state index contributed by atoms with van der Waals surface area (Å²) in [6.45, 7) is 10.1. The lowest BCUT2D eigenvalue weighted by molar-refractivity contribution is -0.129. The highest BCUT2D eigenvalue weighted by Gasteiger charge is 2.26. The fourth-order valence-corrected chi connectivity index (χ4v) is 3.65. The molecule has 0 aliphatic heterocycles. The predicted octanol–water partition coefficient (Wildman–Crippen LogP) is 6.02. The van der Waals surface area contributed by atoms with Gasteiger partial charge >= 0.3 is 5.97 Å². The summed E-state index contributed by atoms with van der Waals surface area (Å²) in [6.07, 6.45) is 3.20. The molecule has 0 radical (unpaired) electrons. The summed E-state index contributed by atoms with van der Waals surface area (Å²) in [4.78, 5) is 14.5. The monoisotopic (exact) mass is 406 g/mol. The van der Waals surface area contributed by atoms with Crippen molar-refractivity contribution in [1.82, 2.24) is 9.78 Å². The predicted molar refractivity (Wildman–Crippen MR) is 118 cm³/mol. The van der Waals surface area contributed by atoms with Crippen molar-refractivity contribution < 1.29 is 9.53 Å². The van der Waals surface area contributed by atoms with Crippen molar-refractivity contribution in [2.45, 2.75) is 49.9 Å². The number of aryl methyl sites for hydroxylation is 2. The number of nitrogens with zero attached hydrogens (tertiary/aromatic N) is 2. The fourth-order valence-electron chi connectivity index (χ4n) is 2.74. The van der Waals surface area contributed by atoms with Crippen LogP contribution >= 0.6 is 11.8 Å². The summed E-state index contributed by atoms with van der Waals surface area (Å²) < 4.78 is 7.58. The highest BCUT2D eigenvalue weighted by molar-refractivity contribution is 7.99. The minimum Gasteiger partial charge on any atom is -0.403 e. The van der Waals surface area contributed by atoms with Crippen molar-refractivity contribution in [2.75, 3.05) is 0 Å². The van der Waals surface area contributed by atoms with E-state index in [1.807, 2.05) is 58.0 Å². The average Bonchev–Trinajstić information content (AvgIpc) is 2.99. The van der Waals surface area contributed by atoms with Crippen LogP contribution in [0, 0.1) is 13.8 Å². The molecule has 0 saturated carbocycles. The van der Waals surface area contributed by atoms with Crippen LogP contribution in [0.15, 0.2) is 70.5 Å². The first-order valence-corrected chi connectivity index (χ1v) is 10.4. The Morgan fingerprint density at radius 3 is 2.31 bits per heavy atom. The molecule has 0 aliphatic carbocycles. The number of aromatic nitrogens is 2. The molecule has 0 fully saturated rings. The third kappa shape index (κ3) is 5.39. The minimum absolute atomic E-state index is 0.324. The van der Waals surface area contributed by atoms with Gasteiger partial charge in [0.1, 0.15) is 0 Å². The van der Waals surface area contributed by atoms with E-state index in [0.29, 0.717) is 5.88 Å². The minimum atomic E-state index is -0.426. The second kappa shape index (κ2) is 8.70. The Labute approximate surface area is 176 Å². The van der Waals surface area contributed by atoms with Crippen LogP contribution in [-0.4, -0.2) is 15.7 Å². The van der Waals surface area contributed by atoms with Crippen LogP contribution in [0.25, 0.3) is 6.08 Å². The van der Waals surface area contributed by atoms with Crippen molar-refractivity contribution >= 4 is 23.8 Å². The number of benzene rings is 2. The largest absolute Gasteiger partial charge is 0.403 e. The SMILES string of the molecule is Cc1ccc(Sc2c(C)nn(C(C)(C)C)c2OC(=O)C=Cc2ccccc2)cc1. The van der Waals surface area contributed by atoms with Crippen LogP contribution in [0.1, 0.15) is 37.6 Å². The molecule has 5 heteroatoms. The molecule has 0 atom stereocenters. The molecule has 0 saturated heterocycles. The average molecular weight is 407 g/mol. The highest BCUT2D eigenvalue weighted by Crippen LogP contribution is 2.40. The van der Waals surface area contributed by atoms with Crippen LogP contribution in [0.2, 0.25) is 0 Å². The van der Waals surface area contributed by atoms with Gasteiger partial charge in [0.05, 0.1) is 16.1 Å². The summed E-state index contributed by atoms with van der Waals surface area (Å²) in [7, 11) is 0. The summed E-state index contributed by atoms with van der Waals surface area (Å²) >= 11 is 1.56. The van der Waals surface area contributed by atoms with Crippen LogP contribution in [0.4, 0.5) is 0 Å². The molecule has 0 unspecified atom stereocenters. The third-order valence-electron chi connectivity index (χ3n) is 4.25. The van der Waals surface area contributed by atoms with E-state index in [4.69, 9.17) is 4.74 Å². The molecule has 3 aromatic rings. The Kier molecular flexibility index (Phi) is 6.28. The molecule has 1 heterocycles. The van der Waals surface area contributed by atoms with E-state index in [2.05, 4.69) is 36.3 Å². The van der Waals surface area contributed by atoms with Gasteiger partial charge in [0.15, 0.2) is 0 Å². The molecule has 29 heavy (non-hydrogen) atoms. The van der Waals surface area contributed by atoms with Gasteiger partial charge in [-0.15, -0.1) is 0 Å². The second-order valence-electron chi connectivity index (χ2n) is 7.88.